The summed E-state index contributed by atoms with van der Waals surface area (Å²) in [7, 11) is 0. The van der Waals surface area contributed by atoms with Gasteiger partial charge in [0.05, 0.1) is 5.25 Å². The van der Waals surface area contributed by atoms with Crippen molar-refractivity contribution < 1.29 is 9.59 Å². The van der Waals surface area contributed by atoms with E-state index in [2.05, 4.69) is 44.9 Å². The minimum atomic E-state index is -0.530. The Morgan fingerprint density at radius 2 is 1.79 bits per heavy atom. The van der Waals surface area contributed by atoms with Gasteiger partial charge >= 0.3 is 6.03 Å². The quantitative estimate of drug-likeness (QED) is 0.518. The number of amides is 3. The third-order valence-electron chi connectivity index (χ3n) is 4.28. The average Bonchev–Trinajstić information content (AvgIpc) is 3.21. The molecule has 3 aromatic rings. The predicted octanol–water partition coefficient (Wildman–Crippen LogP) is 3.54. The van der Waals surface area contributed by atoms with Gasteiger partial charge in [-0.2, -0.15) is 0 Å². The molecule has 3 N–H and O–H groups in total. The number of aromatic nitrogens is 3. The van der Waals surface area contributed by atoms with Crippen molar-refractivity contribution in [1.29, 1.82) is 0 Å². The molecule has 0 bridgehead atoms. The van der Waals surface area contributed by atoms with E-state index >= 15 is 0 Å². The van der Waals surface area contributed by atoms with Crippen LogP contribution >= 0.6 is 11.8 Å². The molecule has 0 aliphatic heterocycles. The zero-order valence-electron chi connectivity index (χ0n) is 16.3. The number of imide groups is 1. The van der Waals surface area contributed by atoms with E-state index in [0.29, 0.717) is 17.5 Å². The Hall–Kier alpha value is -3.13. The van der Waals surface area contributed by atoms with Crippen molar-refractivity contribution in [2.24, 2.45) is 0 Å². The van der Waals surface area contributed by atoms with Gasteiger partial charge in [-0.15, -0.1) is 5.10 Å². The lowest BCUT2D eigenvalue weighted by molar-refractivity contribution is -0.119. The second kappa shape index (κ2) is 9.88. The van der Waals surface area contributed by atoms with E-state index in [1.54, 1.807) is 6.92 Å². The number of thioether (sulfide) groups is 1. The average molecular weight is 410 g/mol. The summed E-state index contributed by atoms with van der Waals surface area (Å²) in [4.78, 5) is 28.6. The molecule has 0 spiro atoms. The molecule has 1 aromatic heterocycles. The number of aromatic amines is 1. The molecule has 0 unspecified atom stereocenters. The van der Waals surface area contributed by atoms with Crippen molar-refractivity contribution in [2.75, 3.05) is 0 Å². The van der Waals surface area contributed by atoms with Crippen LogP contribution in [0.2, 0.25) is 0 Å². The summed E-state index contributed by atoms with van der Waals surface area (Å²) in [5, 5.41) is 12.0. The van der Waals surface area contributed by atoms with Crippen molar-refractivity contribution in [1.82, 2.24) is 25.8 Å². The van der Waals surface area contributed by atoms with E-state index in [-0.39, 0.29) is 0 Å². The fraction of sp³-hybridized carbons (Fsp3) is 0.238. The number of H-pyrrole nitrogens is 1. The van der Waals surface area contributed by atoms with Gasteiger partial charge in [0.15, 0.2) is 5.82 Å². The van der Waals surface area contributed by atoms with Crippen LogP contribution in [0.15, 0.2) is 59.8 Å². The maximum absolute atomic E-state index is 12.3. The molecular weight excluding hydrogens is 386 g/mol. The van der Waals surface area contributed by atoms with Crippen LogP contribution in [0, 0.1) is 0 Å². The maximum Gasteiger partial charge on any atom is 0.321 e. The van der Waals surface area contributed by atoms with Gasteiger partial charge in [0.2, 0.25) is 11.1 Å². The minimum absolute atomic E-state index is 0.350. The van der Waals surface area contributed by atoms with Crippen LogP contribution in [0.4, 0.5) is 4.79 Å². The smallest absolute Gasteiger partial charge is 0.321 e. The Kier molecular flexibility index (Phi) is 7.02. The van der Waals surface area contributed by atoms with Gasteiger partial charge < -0.3 is 5.32 Å². The number of benzene rings is 2. The van der Waals surface area contributed by atoms with Gasteiger partial charge in [0, 0.05) is 12.1 Å². The first-order valence-corrected chi connectivity index (χ1v) is 10.2. The van der Waals surface area contributed by atoms with Gasteiger partial charge in [-0.05, 0) is 24.5 Å². The van der Waals surface area contributed by atoms with E-state index in [0.717, 1.165) is 17.5 Å². The largest absolute Gasteiger partial charge is 0.334 e. The maximum atomic E-state index is 12.3. The Balaban J connectivity index is 1.50. The van der Waals surface area contributed by atoms with Gasteiger partial charge in [0.25, 0.3) is 0 Å². The lowest BCUT2D eigenvalue weighted by Crippen LogP contribution is -2.42. The standard InChI is InChI=1S/C21H23N5O2S/c1-3-15-9-11-17(12-10-15)18-23-21(26-25-18)29-14(2)19(27)24-20(28)22-13-16-7-5-4-6-8-16/h4-12,14H,3,13H2,1-2H3,(H,23,25,26)(H2,22,24,27,28)/t14-/m1/s1. The molecule has 29 heavy (non-hydrogen) atoms. The van der Waals surface area contributed by atoms with E-state index in [4.69, 9.17) is 0 Å². The zero-order chi connectivity index (χ0) is 20.6. The molecule has 2 aromatic carbocycles. The van der Waals surface area contributed by atoms with Crippen LogP contribution in [-0.4, -0.2) is 32.4 Å². The highest BCUT2D eigenvalue weighted by Crippen LogP contribution is 2.23. The predicted molar refractivity (Wildman–Crippen MR) is 113 cm³/mol. The second-order valence-corrected chi connectivity index (χ2v) is 7.74. The van der Waals surface area contributed by atoms with Gasteiger partial charge in [0.1, 0.15) is 0 Å². The van der Waals surface area contributed by atoms with Crippen molar-refractivity contribution in [3.63, 3.8) is 0 Å². The highest BCUT2D eigenvalue weighted by atomic mass is 32.2. The molecule has 0 fully saturated rings. The van der Waals surface area contributed by atoms with Crippen molar-refractivity contribution in [3.8, 4) is 11.4 Å². The summed E-state index contributed by atoms with van der Waals surface area (Å²) in [6.07, 6.45) is 0.976. The SMILES string of the molecule is CCc1ccc(-c2nc(S[C@H](C)C(=O)NC(=O)NCc3ccccc3)n[nH]2)cc1. The number of carbonyl (C=O) groups is 2. The molecule has 150 valence electrons. The van der Waals surface area contributed by atoms with Crippen LogP contribution in [-0.2, 0) is 17.8 Å². The summed E-state index contributed by atoms with van der Waals surface area (Å²) in [5.74, 6) is 0.238. The lowest BCUT2D eigenvalue weighted by atomic mass is 10.1. The topological polar surface area (TPSA) is 99.8 Å². The Bertz CT molecular complexity index is 957. The van der Waals surface area contributed by atoms with Crippen molar-refractivity contribution in [3.05, 3.63) is 65.7 Å². The fourth-order valence-corrected chi connectivity index (χ4v) is 3.30. The Morgan fingerprint density at radius 3 is 2.48 bits per heavy atom. The highest BCUT2D eigenvalue weighted by molar-refractivity contribution is 8.00. The monoisotopic (exact) mass is 409 g/mol. The van der Waals surface area contributed by atoms with E-state index in [1.165, 1.54) is 17.3 Å². The molecule has 8 heteroatoms. The number of rotatable bonds is 7. The van der Waals surface area contributed by atoms with Crippen LogP contribution < -0.4 is 10.6 Å². The molecule has 1 atom stereocenters. The zero-order valence-corrected chi connectivity index (χ0v) is 17.1. The van der Waals surface area contributed by atoms with Gasteiger partial charge in [-0.1, -0.05) is 73.3 Å². The van der Waals surface area contributed by atoms with E-state index < -0.39 is 17.2 Å². The molecule has 0 saturated carbocycles. The van der Waals surface area contributed by atoms with E-state index in [9.17, 15) is 9.59 Å². The van der Waals surface area contributed by atoms with E-state index in [1.807, 2.05) is 42.5 Å². The minimum Gasteiger partial charge on any atom is -0.334 e. The molecule has 3 rings (SSSR count). The number of hydrogen-bond donors (Lipinski definition) is 3. The normalized spacial score (nSPS) is 11.7. The second-order valence-electron chi connectivity index (χ2n) is 6.43. The van der Waals surface area contributed by atoms with Crippen LogP contribution in [0.25, 0.3) is 11.4 Å². The first-order valence-electron chi connectivity index (χ1n) is 9.36. The summed E-state index contributed by atoms with van der Waals surface area (Å²) < 4.78 is 0. The lowest BCUT2D eigenvalue weighted by Gasteiger charge is -2.10. The number of aryl methyl sites for hydroxylation is 1. The first kappa shape index (κ1) is 20.6. The molecule has 7 nitrogen and oxygen atoms in total. The Morgan fingerprint density at radius 1 is 1.07 bits per heavy atom. The summed E-state index contributed by atoms with van der Waals surface area (Å²) in [6, 6.07) is 17.0. The number of urea groups is 1. The third-order valence-corrected chi connectivity index (χ3v) is 5.25. The molecule has 0 radical (unpaired) electrons. The summed E-state index contributed by atoms with van der Waals surface area (Å²) in [6.45, 7) is 4.16. The third kappa shape index (κ3) is 5.92. The van der Waals surface area contributed by atoms with Crippen molar-refractivity contribution >= 4 is 23.7 Å². The molecule has 0 aliphatic carbocycles. The molecular formula is C21H23N5O2S. The highest BCUT2D eigenvalue weighted by Gasteiger charge is 2.19. The van der Waals surface area contributed by atoms with Gasteiger partial charge in [-0.3, -0.25) is 15.2 Å². The first-order chi connectivity index (χ1) is 14.0. The van der Waals surface area contributed by atoms with Crippen LogP contribution in [0.5, 0.6) is 0 Å². The number of nitrogens with one attached hydrogen (secondary N) is 3. The fourth-order valence-electron chi connectivity index (χ4n) is 2.57. The molecule has 1 heterocycles. The number of hydrogen-bond acceptors (Lipinski definition) is 5. The number of carbonyl (C=O) groups excluding carboxylic acids is 2. The van der Waals surface area contributed by atoms with Crippen LogP contribution in [0.1, 0.15) is 25.0 Å². The molecule has 0 saturated heterocycles. The van der Waals surface area contributed by atoms with Gasteiger partial charge in [-0.25, -0.2) is 9.78 Å². The Labute approximate surface area is 173 Å². The van der Waals surface area contributed by atoms with Crippen molar-refractivity contribution in [2.45, 2.75) is 37.2 Å². The molecule has 0 aliphatic rings. The molecule has 3 amide bonds. The van der Waals surface area contributed by atoms with Crippen LogP contribution in [0.3, 0.4) is 0 Å². The summed E-state index contributed by atoms with van der Waals surface area (Å²) >= 11 is 1.19. The number of nitrogens with zero attached hydrogens (tertiary/aromatic N) is 2. The summed E-state index contributed by atoms with van der Waals surface area (Å²) in [5.41, 5.74) is 3.13.